The van der Waals surface area contributed by atoms with Gasteiger partial charge in [0.05, 0.1) is 30.8 Å². The number of hydrogen-bond acceptors (Lipinski definition) is 7. The van der Waals surface area contributed by atoms with E-state index < -0.39 is 0 Å². The minimum atomic E-state index is -0.0130. The highest BCUT2D eigenvalue weighted by Gasteiger charge is 2.14. The van der Waals surface area contributed by atoms with Crippen molar-refractivity contribution in [1.29, 1.82) is 0 Å². The van der Waals surface area contributed by atoms with Crippen LogP contribution in [0.5, 0.6) is 0 Å². The number of benzene rings is 2. The van der Waals surface area contributed by atoms with E-state index in [1.165, 1.54) is 0 Å². The maximum atomic E-state index is 13.0. The molecule has 0 bridgehead atoms. The first-order valence-electron chi connectivity index (χ1n) is 11.8. The van der Waals surface area contributed by atoms with Crippen molar-refractivity contribution in [2.45, 2.75) is 0 Å². The van der Waals surface area contributed by atoms with Gasteiger partial charge in [-0.05, 0) is 66.7 Å². The Morgan fingerprint density at radius 2 is 1.61 bits per heavy atom. The number of rotatable bonds is 6. The van der Waals surface area contributed by atoms with Gasteiger partial charge in [-0.2, -0.15) is 0 Å². The van der Waals surface area contributed by atoms with E-state index in [0.717, 1.165) is 54.7 Å². The molecule has 1 fully saturated rings. The number of fused-ring (bicyclic) bond motifs is 1. The second kappa shape index (κ2) is 9.59. The van der Waals surface area contributed by atoms with Crippen LogP contribution in [0.3, 0.4) is 0 Å². The Morgan fingerprint density at radius 1 is 0.861 bits per heavy atom. The third kappa shape index (κ3) is 4.42. The second-order valence-electron chi connectivity index (χ2n) is 8.52. The molecule has 178 valence electrons. The van der Waals surface area contributed by atoms with Gasteiger partial charge in [-0.1, -0.05) is 6.07 Å². The summed E-state index contributed by atoms with van der Waals surface area (Å²) < 4.78 is 7.40. The van der Waals surface area contributed by atoms with Gasteiger partial charge in [0, 0.05) is 48.0 Å². The molecule has 3 aromatic heterocycles. The number of anilines is 3. The van der Waals surface area contributed by atoms with Crippen LogP contribution < -0.4 is 10.2 Å². The van der Waals surface area contributed by atoms with Crippen molar-refractivity contribution in [3.8, 4) is 11.4 Å². The lowest BCUT2D eigenvalue weighted by molar-refractivity contribution is 0.103. The van der Waals surface area contributed by atoms with Crippen molar-refractivity contribution < 1.29 is 9.53 Å². The van der Waals surface area contributed by atoms with E-state index in [4.69, 9.17) is 4.74 Å². The van der Waals surface area contributed by atoms with Crippen LogP contribution in [0.1, 0.15) is 15.9 Å². The summed E-state index contributed by atoms with van der Waals surface area (Å²) in [6, 6.07) is 22.8. The van der Waals surface area contributed by atoms with Gasteiger partial charge in [0.15, 0.2) is 5.78 Å². The SMILES string of the molecule is O=C(c1ccc(Nc2nccc(-c3cnc4ccccn34)n2)cc1)c1ccc(N2CCOCC2)cc1. The van der Waals surface area contributed by atoms with Crippen molar-refractivity contribution in [2.24, 2.45) is 0 Å². The van der Waals surface area contributed by atoms with Crippen molar-refractivity contribution >= 4 is 28.8 Å². The van der Waals surface area contributed by atoms with Crippen molar-refractivity contribution in [3.05, 3.63) is 103 Å². The Bertz CT molecular complexity index is 1510. The molecule has 2 aromatic carbocycles. The van der Waals surface area contributed by atoms with E-state index in [9.17, 15) is 4.79 Å². The monoisotopic (exact) mass is 476 g/mol. The number of hydrogen-bond donors (Lipinski definition) is 1. The number of nitrogens with zero attached hydrogens (tertiary/aromatic N) is 5. The van der Waals surface area contributed by atoms with E-state index >= 15 is 0 Å². The summed E-state index contributed by atoms with van der Waals surface area (Å²) in [5.41, 5.74) is 5.70. The van der Waals surface area contributed by atoms with Gasteiger partial charge >= 0.3 is 0 Å². The van der Waals surface area contributed by atoms with E-state index in [-0.39, 0.29) is 5.78 Å². The normalized spacial score (nSPS) is 13.6. The lowest BCUT2D eigenvalue weighted by Crippen LogP contribution is -2.36. The summed E-state index contributed by atoms with van der Waals surface area (Å²) in [4.78, 5) is 28.7. The maximum Gasteiger partial charge on any atom is 0.227 e. The third-order valence-electron chi connectivity index (χ3n) is 6.24. The predicted molar refractivity (Wildman–Crippen MR) is 139 cm³/mol. The quantitative estimate of drug-likeness (QED) is 0.359. The third-order valence-corrected chi connectivity index (χ3v) is 6.24. The summed E-state index contributed by atoms with van der Waals surface area (Å²) >= 11 is 0. The minimum Gasteiger partial charge on any atom is -0.378 e. The number of carbonyl (C=O) groups is 1. The Kier molecular flexibility index (Phi) is 5.85. The smallest absolute Gasteiger partial charge is 0.227 e. The van der Waals surface area contributed by atoms with E-state index in [0.29, 0.717) is 17.1 Å². The molecule has 0 unspecified atom stereocenters. The van der Waals surface area contributed by atoms with Gasteiger partial charge in [0.1, 0.15) is 5.65 Å². The molecule has 0 atom stereocenters. The minimum absolute atomic E-state index is 0.0130. The predicted octanol–water partition coefficient (Wildman–Crippen LogP) is 4.60. The molecule has 8 nitrogen and oxygen atoms in total. The standard InChI is InChI=1S/C28H24N6O2/c35-27(21-6-10-23(11-7-21)33-15-17-36-18-16-33)20-4-8-22(9-5-20)31-28-29-13-12-24(32-28)25-19-30-26-3-1-2-14-34(25)26/h1-14,19H,15-18H2,(H,29,31,32). The highest BCUT2D eigenvalue weighted by atomic mass is 16.5. The van der Waals surface area contributed by atoms with Crippen molar-refractivity contribution in [2.75, 3.05) is 36.5 Å². The zero-order valence-electron chi connectivity index (χ0n) is 19.5. The zero-order chi connectivity index (χ0) is 24.3. The number of pyridine rings is 1. The van der Waals surface area contributed by atoms with Crippen LogP contribution in [0.2, 0.25) is 0 Å². The van der Waals surface area contributed by atoms with Gasteiger partial charge < -0.3 is 15.0 Å². The molecule has 1 saturated heterocycles. The van der Waals surface area contributed by atoms with Crippen molar-refractivity contribution in [3.63, 3.8) is 0 Å². The van der Waals surface area contributed by atoms with Crippen LogP contribution in [0.15, 0.2) is 91.4 Å². The first-order valence-corrected chi connectivity index (χ1v) is 11.8. The molecule has 4 heterocycles. The summed E-state index contributed by atoms with van der Waals surface area (Å²) in [5, 5.41) is 3.23. The molecule has 1 aliphatic heterocycles. The van der Waals surface area contributed by atoms with Gasteiger partial charge in [0.25, 0.3) is 0 Å². The molecule has 1 N–H and O–H groups in total. The first kappa shape index (κ1) is 21.9. The van der Waals surface area contributed by atoms with Gasteiger partial charge in [0.2, 0.25) is 5.95 Å². The summed E-state index contributed by atoms with van der Waals surface area (Å²) in [6.07, 6.45) is 5.47. The highest BCUT2D eigenvalue weighted by Crippen LogP contribution is 2.22. The lowest BCUT2D eigenvalue weighted by atomic mass is 10.0. The Morgan fingerprint density at radius 3 is 2.39 bits per heavy atom. The second-order valence-corrected chi connectivity index (χ2v) is 8.52. The number of ether oxygens (including phenoxy) is 1. The van der Waals surface area contributed by atoms with Crippen LogP contribution in [-0.4, -0.2) is 51.4 Å². The molecular formula is C28H24N6O2. The fraction of sp³-hybridized carbons (Fsp3) is 0.143. The molecule has 6 rings (SSSR count). The topological polar surface area (TPSA) is 84.7 Å². The van der Waals surface area contributed by atoms with E-state index in [2.05, 4.69) is 25.2 Å². The zero-order valence-corrected chi connectivity index (χ0v) is 19.5. The Labute approximate surface area is 208 Å². The average Bonchev–Trinajstić information content (AvgIpc) is 3.38. The molecule has 0 amide bonds. The van der Waals surface area contributed by atoms with Crippen LogP contribution >= 0.6 is 0 Å². The van der Waals surface area contributed by atoms with Crippen LogP contribution in [0, 0.1) is 0 Å². The molecule has 8 heteroatoms. The van der Waals surface area contributed by atoms with Crippen molar-refractivity contribution in [1.82, 2.24) is 19.4 Å². The number of morpholine rings is 1. The van der Waals surface area contributed by atoms with Crippen LogP contribution in [0.25, 0.3) is 17.0 Å². The molecule has 0 aliphatic carbocycles. The number of aromatic nitrogens is 4. The summed E-state index contributed by atoms with van der Waals surface area (Å²) in [5.74, 6) is 0.456. The lowest BCUT2D eigenvalue weighted by Gasteiger charge is -2.28. The molecule has 0 saturated carbocycles. The highest BCUT2D eigenvalue weighted by molar-refractivity contribution is 6.09. The van der Waals surface area contributed by atoms with Crippen LogP contribution in [0.4, 0.5) is 17.3 Å². The molecular weight excluding hydrogens is 452 g/mol. The number of imidazole rings is 1. The van der Waals surface area contributed by atoms with E-state index in [1.54, 1.807) is 12.4 Å². The van der Waals surface area contributed by atoms with Gasteiger partial charge in [-0.15, -0.1) is 0 Å². The molecule has 36 heavy (non-hydrogen) atoms. The van der Waals surface area contributed by atoms with E-state index in [1.807, 2.05) is 83.4 Å². The van der Waals surface area contributed by atoms with Crippen LogP contribution in [-0.2, 0) is 4.74 Å². The first-order chi connectivity index (χ1) is 17.7. The molecule has 0 spiro atoms. The Balaban J connectivity index is 1.16. The summed E-state index contributed by atoms with van der Waals surface area (Å²) in [6.45, 7) is 3.20. The number of carbonyl (C=O) groups excluding carboxylic acids is 1. The molecule has 0 radical (unpaired) electrons. The Hall–Kier alpha value is -4.56. The number of ketones is 1. The molecule has 1 aliphatic rings. The average molecular weight is 477 g/mol. The summed E-state index contributed by atoms with van der Waals surface area (Å²) in [7, 11) is 0. The fourth-order valence-corrected chi connectivity index (χ4v) is 4.33. The maximum absolute atomic E-state index is 13.0. The molecule has 5 aromatic rings. The largest absolute Gasteiger partial charge is 0.378 e. The van der Waals surface area contributed by atoms with Gasteiger partial charge in [-0.3, -0.25) is 9.20 Å². The number of nitrogens with one attached hydrogen (secondary N) is 1. The van der Waals surface area contributed by atoms with Gasteiger partial charge in [-0.25, -0.2) is 15.0 Å². The fourth-order valence-electron chi connectivity index (χ4n) is 4.33.